The van der Waals surface area contributed by atoms with Crippen LogP contribution in [0.3, 0.4) is 0 Å². The summed E-state index contributed by atoms with van der Waals surface area (Å²) >= 11 is 0. The van der Waals surface area contributed by atoms with E-state index in [0.29, 0.717) is 12.1 Å². The Balaban J connectivity index is 2.11. The van der Waals surface area contributed by atoms with Gasteiger partial charge in [0.2, 0.25) is 10.0 Å². The highest BCUT2D eigenvalue weighted by Gasteiger charge is 2.37. The molecule has 0 amide bonds. The fourth-order valence-corrected chi connectivity index (χ4v) is 4.81. The predicted molar refractivity (Wildman–Crippen MR) is 91.5 cm³/mol. The van der Waals surface area contributed by atoms with Crippen LogP contribution in [0.4, 0.5) is 5.69 Å². The molecule has 0 aromatic heterocycles. The molecule has 2 unspecified atom stereocenters. The van der Waals surface area contributed by atoms with E-state index in [2.05, 4.69) is 14.0 Å². The van der Waals surface area contributed by atoms with Crippen LogP contribution in [-0.2, 0) is 14.8 Å². The van der Waals surface area contributed by atoms with E-state index in [4.69, 9.17) is 4.74 Å². The number of aliphatic hydroxyl groups excluding tert-OH is 1. The van der Waals surface area contributed by atoms with Gasteiger partial charge in [0.05, 0.1) is 37.3 Å². The highest BCUT2D eigenvalue weighted by atomic mass is 32.2. The van der Waals surface area contributed by atoms with E-state index in [9.17, 15) is 13.5 Å². The number of ether oxygens (including phenoxy) is 1. The van der Waals surface area contributed by atoms with Gasteiger partial charge in [0.25, 0.3) is 0 Å². The molecule has 1 N–H and O–H groups in total. The molecule has 23 heavy (non-hydrogen) atoms. The van der Waals surface area contributed by atoms with Crippen molar-refractivity contribution in [1.82, 2.24) is 0 Å². The van der Waals surface area contributed by atoms with Crippen molar-refractivity contribution in [2.75, 3.05) is 16.7 Å². The van der Waals surface area contributed by atoms with Crippen molar-refractivity contribution in [3.63, 3.8) is 0 Å². The Kier molecular flexibility index (Phi) is 6.44. The van der Waals surface area contributed by atoms with Crippen molar-refractivity contribution in [3.05, 3.63) is 36.9 Å². The molecule has 1 radical (unpaired) electrons. The van der Waals surface area contributed by atoms with Crippen LogP contribution < -0.4 is 4.31 Å². The Morgan fingerprint density at radius 2 is 2.04 bits per heavy atom. The number of hydrogen-bond acceptors (Lipinski definition) is 4. The summed E-state index contributed by atoms with van der Waals surface area (Å²) in [5.74, 6) is 0.127. The molecule has 1 aliphatic rings. The van der Waals surface area contributed by atoms with Gasteiger partial charge in [0.15, 0.2) is 0 Å². The van der Waals surface area contributed by atoms with Crippen LogP contribution >= 0.6 is 0 Å². The molecule has 1 aliphatic heterocycles. The van der Waals surface area contributed by atoms with Gasteiger partial charge in [-0.05, 0) is 30.5 Å². The third-order valence-corrected chi connectivity index (χ3v) is 6.12. The zero-order chi connectivity index (χ0) is 16.9. The summed E-state index contributed by atoms with van der Waals surface area (Å²) in [7, 11) is 0.0442. The zero-order valence-electron chi connectivity index (χ0n) is 13.6. The van der Waals surface area contributed by atoms with E-state index in [1.165, 1.54) is 4.31 Å². The van der Waals surface area contributed by atoms with Crippen LogP contribution in [-0.4, -0.2) is 31.9 Å². The molecule has 1 saturated heterocycles. The minimum absolute atomic E-state index is 0.127. The summed E-state index contributed by atoms with van der Waals surface area (Å²) in [6.45, 7) is 2.41. The van der Waals surface area contributed by atoms with Crippen LogP contribution in [0.2, 0.25) is 0 Å². The Morgan fingerprint density at radius 3 is 2.65 bits per heavy atom. The number of benzene rings is 1. The maximum atomic E-state index is 12.2. The average Bonchev–Trinajstić information content (AvgIpc) is 2.83. The van der Waals surface area contributed by atoms with Gasteiger partial charge < -0.3 is 9.84 Å². The molecule has 1 fully saturated rings. The van der Waals surface area contributed by atoms with E-state index in [1.807, 2.05) is 12.1 Å². The second-order valence-corrected chi connectivity index (χ2v) is 7.99. The monoisotopic (exact) mass is 340 g/mol. The highest BCUT2D eigenvalue weighted by molar-refractivity contribution is 7.93. The van der Waals surface area contributed by atoms with Gasteiger partial charge in [-0.3, -0.25) is 4.31 Å². The lowest BCUT2D eigenvalue weighted by Crippen LogP contribution is -2.35. The quantitative estimate of drug-likeness (QED) is 0.739. The third kappa shape index (κ3) is 4.46. The first-order valence-electron chi connectivity index (χ1n) is 8.16. The number of sulfonamides is 1. The maximum Gasteiger partial charge on any atom is 0.235 e. The maximum absolute atomic E-state index is 12.2. The van der Waals surface area contributed by atoms with Gasteiger partial charge in [-0.25, -0.2) is 8.42 Å². The van der Waals surface area contributed by atoms with Crippen LogP contribution in [0.15, 0.2) is 24.3 Å². The molecule has 1 aromatic carbocycles. The van der Waals surface area contributed by atoms with Crippen LogP contribution in [0.1, 0.15) is 50.7 Å². The first-order valence-corrected chi connectivity index (χ1v) is 9.77. The summed E-state index contributed by atoms with van der Waals surface area (Å²) in [5.41, 5.74) is 1.44. The van der Waals surface area contributed by atoms with Crippen LogP contribution in [0.5, 0.6) is 0 Å². The normalized spacial score (nSPS) is 21.5. The average molecular weight is 340 g/mol. The van der Waals surface area contributed by atoms with E-state index < -0.39 is 16.1 Å². The van der Waals surface area contributed by atoms with Crippen molar-refractivity contribution >= 4 is 15.7 Å². The molecule has 6 heteroatoms. The van der Waals surface area contributed by atoms with Gasteiger partial charge in [0.1, 0.15) is 0 Å². The summed E-state index contributed by atoms with van der Waals surface area (Å²) < 4.78 is 30.8. The third-order valence-electron chi connectivity index (χ3n) is 4.26. The van der Waals surface area contributed by atoms with Crippen LogP contribution in [0.25, 0.3) is 0 Å². The highest BCUT2D eigenvalue weighted by Crippen LogP contribution is 2.30. The topological polar surface area (TPSA) is 66.8 Å². The van der Waals surface area contributed by atoms with Gasteiger partial charge in [-0.2, -0.15) is 0 Å². The van der Waals surface area contributed by atoms with Gasteiger partial charge in [-0.1, -0.05) is 38.3 Å². The zero-order valence-corrected chi connectivity index (χ0v) is 14.5. The Labute approximate surface area is 139 Å². The molecule has 1 heterocycles. The molecule has 129 valence electrons. The molecule has 0 aliphatic carbocycles. The molecular formula is C17H26NO4S. The lowest BCUT2D eigenvalue weighted by Gasteiger charge is -2.25. The lowest BCUT2D eigenvalue weighted by molar-refractivity contribution is 0.163. The first kappa shape index (κ1) is 18.2. The van der Waals surface area contributed by atoms with E-state index >= 15 is 0 Å². The molecular weight excluding hydrogens is 314 g/mol. The fourth-order valence-electron chi connectivity index (χ4n) is 2.98. The summed E-state index contributed by atoms with van der Waals surface area (Å²) in [6.07, 6.45) is 3.99. The summed E-state index contributed by atoms with van der Waals surface area (Å²) in [5, 5.41) is 10.2. The predicted octanol–water partition coefficient (Wildman–Crippen LogP) is 3.02. The standard InChI is InChI=1S/C17H26NO4S/c1-3-4-5-6-17(19)14-7-9-15(10-8-14)18-16(13-22-2)11-12-23(18,20)21/h7-10,16-17,19H,2-6,11-13H2,1H3. The minimum Gasteiger partial charge on any atom is -0.388 e. The summed E-state index contributed by atoms with van der Waals surface area (Å²) in [4.78, 5) is 0. The molecule has 5 nitrogen and oxygen atoms in total. The Hall–Kier alpha value is -1.11. The first-order chi connectivity index (χ1) is 11.0. The number of nitrogens with zero attached hydrogens (tertiary/aromatic N) is 1. The number of rotatable bonds is 8. The van der Waals surface area contributed by atoms with E-state index in [1.54, 1.807) is 12.1 Å². The Bertz CT molecular complexity index is 585. The van der Waals surface area contributed by atoms with Gasteiger partial charge in [-0.15, -0.1) is 0 Å². The van der Waals surface area contributed by atoms with Crippen molar-refractivity contribution < 1.29 is 18.3 Å². The second kappa shape index (κ2) is 8.13. The number of hydrogen-bond donors (Lipinski definition) is 1. The van der Waals surface area contributed by atoms with Crippen molar-refractivity contribution in [2.45, 2.75) is 51.2 Å². The molecule has 1 aromatic rings. The minimum atomic E-state index is -3.30. The molecule has 0 bridgehead atoms. The Morgan fingerprint density at radius 1 is 1.35 bits per heavy atom. The SMILES string of the molecule is [CH2]OCC1CCS(=O)(=O)N1c1ccc(C(O)CCCCC)cc1. The van der Waals surface area contributed by atoms with E-state index in [-0.39, 0.29) is 18.4 Å². The molecule has 2 rings (SSSR count). The number of aliphatic hydroxyl groups is 1. The largest absolute Gasteiger partial charge is 0.388 e. The molecule has 0 saturated carbocycles. The lowest BCUT2D eigenvalue weighted by atomic mass is 10.0. The smallest absolute Gasteiger partial charge is 0.235 e. The van der Waals surface area contributed by atoms with Crippen LogP contribution in [0, 0.1) is 7.11 Å². The van der Waals surface area contributed by atoms with Gasteiger partial charge in [0, 0.05) is 0 Å². The van der Waals surface area contributed by atoms with Crippen molar-refractivity contribution in [1.29, 1.82) is 0 Å². The summed E-state index contributed by atoms with van der Waals surface area (Å²) in [6, 6.07) is 6.93. The fraction of sp³-hybridized carbons (Fsp3) is 0.588. The number of unbranched alkanes of at least 4 members (excludes halogenated alkanes) is 2. The molecule has 0 spiro atoms. The number of anilines is 1. The van der Waals surface area contributed by atoms with Gasteiger partial charge >= 0.3 is 0 Å². The second-order valence-electron chi connectivity index (χ2n) is 6.03. The molecule has 2 atom stereocenters. The van der Waals surface area contributed by atoms with E-state index in [0.717, 1.165) is 31.2 Å². The van der Waals surface area contributed by atoms with Crippen molar-refractivity contribution in [3.8, 4) is 0 Å². The van der Waals surface area contributed by atoms with Crippen molar-refractivity contribution in [2.24, 2.45) is 0 Å².